The Bertz CT molecular complexity index is 272. The maximum absolute atomic E-state index is 11.6. The van der Waals surface area contributed by atoms with Crippen LogP contribution in [0.3, 0.4) is 0 Å². The molecule has 0 aromatic heterocycles. The quantitative estimate of drug-likeness (QED) is 0.794. The van der Waals surface area contributed by atoms with E-state index in [1.807, 2.05) is 13.8 Å². The van der Waals surface area contributed by atoms with Crippen LogP contribution in [0.1, 0.15) is 33.6 Å². The van der Waals surface area contributed by atoms with Crippen molar-refractivity contribution in [1.29, 1.82) is 0 Å². The highest BCUT2D eigenvalue weighted by Gasteiger charge is 2.25. The normalized spacial score (nSPS) is 21.3. The van der Waals surface area contributed by atoms with Gasteiger partial charge in [-0.15, -0.1) is 0 Å². The van der Waals surface area contributed by atoms with E-state index in [9.17, 15) is 9.59 Å². The molecule has 1 heterocycles. The van der Waals surface area contributed by atoms with E-state index in [0.29, 0.717) is 19.6 Å². The molecule has 5 heteroatoms. The molecule has 5 nitrogen and oxygen atoms in total. The molecule has 17 heavy (non-hydrogen) atoms. The van der Waals surface area contributed by atoms with Gasteiger partial charge in [-0.3, -0.25) is 4.79 Å². The average Bonchev–Trinajstić information content (AvgIpc) is 2.77. The van der Waals surface area contributed by atoms with E-state index in [4.69, 9.17) is 9.47 Å². The van der Waals surface area contributed by atoms with Crippen molar-refractivity contribution in [2.75, 3.05) is 13.2 Å². The predicted octanol–water partition coefficient (Wildman–Crippen LogP) is 1.51. The number of hydrogen-bond acceptors (Lipinski definition) is 4. The monoisotopic (exact) mass is 243 g/mol. The van der Waals surface area contributed by atoms with Crippen LogP contribution in [0, 0.1) is 5.92 Å². The Kier molecular flexibility index (Phi) is 5.41. The van der Waals surface area contributed by atoms with E-state index in [1.54, 1.807) is 6.92 Å². The number of carbonyl (C=O) groups is 2. The number of hydrogen-bond donors (Lipinski definition) is 1. The van der Waals surface area contributed by atoms with E-state index in [1.165, 1.54) is 0 Å². The highest BCUT2D eigenvalue weighted by Crippen LogP contribution is 2.10. The summed E-state index contributed by atoms with van der Waals surface area (Å²) in [6.45, 7) is 6.66. The first-order valence-corrected chi connectivity index (χ1v) is 6.12. The highest BCUT2D eigenvalue weighted by molar-refractivity contribution is 5.87. The molecule has 1 fully saturated rings. The van der Waals surface area contributed by atoms with Crippen LogP contribution in [0.4, 0.5) is 4.79 Å². The minimum absolute atomic E-state index is 0.0274. The summed E-state index contributed by atoms with van der Waals surface area (Å²) in [7, 11) is 0. The molecule has 98 valence electrons. The maximum atomic E-state index is 11.6. The molecule has 1 amide bonds. The van der Waals surface area contributed by atoms with Gasteiger partial charge in [0.2, 0.25) is 0 Å². The molecule has 0 aliphatic carbocycles. The summed E-state index contributed by atoms with van der Waals surface area (Å²) in [5.41, 5.74) is 0. The second-order valence-electron chi connectivity index (χ2n) is 4.58. The molecule has 0 bridgehead atoms. The summed E-state index contributed by atoms with van der Waals surface area (Å²) >= 11 is 0. The Balaban J connectivity index is 2.43. The number of rotatable bonds is 5. The first kappa shape index (κ1) is 14.0. The van der Waals surface area contributed by atoms with Crippen molar-refractivity contribution in [1.82, 2.24) is 5.32 Å². The van der Waals surface area contributed by atoms with Crippen LogP contribution >= 0.6 is 0 Å². The first-order chi connectivity index (χ1) is 8.04. The number of ether oxygens (including phenoxy) is 2. The minimum atomic E-state index is -0.527. The van der Waals surface area contributed by atoms with Crippen molar-refractivity contribution in [2.45, 2.75) is 45.8 Å². The molecule has 2 atom stereocenters. The zero-order valence-corrected chi connectivity index (χ0v) is 10.7. The molecule has 1 N–H and O–H groups in total. The molecule has 0 radical (unpaired) electrons. The van der Waals surface area contributed by atoms with Gasteiger partial charge in [0.1, 0.15) is 6.10 Å². The summed E-state index contributed by atoms with van der Waals surface area (Å²) < 4.78 is 10.3. The van der Waals surface area contributed by atoms with Gasteiger partial charge in [-0.2, -0.15) is 0 Å². The van der Waals surface area contributed by atoms with Gasteiger partial charge in [-0.1, -0.05) is 20.8 Å². The Morgan fingerprint density at radius 1 is 1.47 bits per heavy atom. The number of amides is 1. The van der Waals surface area contributed by atoms with Gasteiger partial charge in [-0.25, -0.2) is 4.79 Å². The van der Waals surface area contributed by atoms with E-state index >= 15 is 0 Å². The second kappa shape index (κ2) is 6.59. The predicted molar refractivity (Wildman–Crippen MR) is 62.8 cm³/mol. The van der Waals surface area contributed by atoms with E-state index in [-0.39, 0.29) is 17.8 Å². The summed E-state index contributed by atoms with van der Waals surface area (Å²) in [5, 5.41) is 2.63. The molecule has 0 saturated carbocycles. The van der Waals surface area contributed by atoms with Gasteiger partial charge in [-0.05, 0) is 5.92 Å². The largest absolute Gasteiger partial charge is 0.444 e. The van der Waals surface area contributed by atoms with Gasteiger partial charge in [0, 0.05) is 12.8 Å². The lowest BCUT2D eigenvalue weighted by atomic mass is 9.99. The average molecular weight is 243 g/mol. The number of carbonyl (C=O) groups excluding carboxylic acids is 2. The van der Waals surface area contributed by atoms with E-state index < -0.39 is 12.1 Å². The lowest BCUT2D eigenvalue weighted by Crippen LogP contribution is -2.45. The number of alkyl carbamates (subject to hydrolysis) is 1. The lowest BCUT2D eigenvalue weighted by Gasteiger charge is -2.21. The molecular formula is C12H21NO4. The van der Waals surface area contributed by atoms with E-state index in [0.717, 1.165) is 6.42 Å². The summed E-state index contributed by atoms with van der Waals surface area (Å²) in [6, 6.07) is -0.463. The second-order valence-corrected chi connectivity index (χ2v) is 4.58. The molecule has 1 saturated heterocycles. The minimum Gasteiger partial charge on any atom is -0.444 e. The Morgan fingerprint density at radius 2 is 2.18 bits per heavy atom. The van der Waals surface area contributed by atoms with Crippen LogP contribution in [-0.4, -0.2) is 37.2 Å². The fraction of sp³-hybridized carbons (Fsp3) is 0.833. The standard InChI is InChI=1S/C12H21NO4/c1-4-10(14)11(8(2)3)13-12(15)17-9-5-6-16-7-9/h8-9,11H,4-7H2,1-3H3,(H,13,15). The number of nitrogens with one attached hydrogen (secondary N) is 1. The molecule has 2 unspecified atom stereocenters. The van der Waals surface area contributed by atoms with Gasteiger partial charge < -0.3 is 14.8 Å². The summed E-state index contributed by atoms with van der Waals surface area (Å²) in [4.78, 5) is 23.2. The van der Waals surface area contributed by atoms with Crippen molar-refractivity contribution in [3.05, 3.63) is 0 Å². The molecule has 1 rings (SSSR count). The number of Topliss-reactive ketones (excluding diaryl/α,β-unsaturated/α-hetero) is 1. The van der Waals surface area contributed by atoms with Gasteiger partial charge in [0.15, 0.2) is 5.78 Å². The summed E-state index contributed by atoms with van der Waals surface area (Å²) in [5.74, 6) is 0.0921. The zero-order chi connectivity index (χ0) is 12.8. The molecule has 1 aliphatic heterocycles. The van der Waals surface area contributed by atoms with Crippen molar-refractivity contribution in [3.8, 4) is 0 Å². The van der Waals surface area contributed by atoms with Crippen LogP contribution in [-0.2, 0) is 14.3 Å². The van der Waals surface area contributed by atoms with Crippen molar-refractivity contribution >= 4 is 11.9 Å². The fourth-order valence-electron chi connectivity index (χ4n) is 1.76. The van der Waals surface area contributed by atoms with Crippen molar-refractivity contribution in [2.24, 2.45) is 5.92 Å². The van der Waals surface area contributed by atoms with Gasteiger partial charge >= 0.3 is 6.09 Å². The van der Waals surface area contributed by atoms with Crippen LogP contribution < -0.4 is 5.32 Å². The Morgan fingerprint density at radius 3 is 2.65 bits per heavy atom. The SMILES string of the molecule is CCC(=O)C(NC(=O)OC1CCOC1)C(C)C. The lowest BCUT2D eigenvalue weighted by molar-refractivity contribution is -0.121. The topological polar surface area (TPSA) is 64.6 Å². The fourth-order valence-corrected chi connectivity index (χ4v) is 1.76. The van der Waals surface area contributed by atoms with E-state index in [2.05, 4.69) is 5.32 Å². The van der Waals surface area contributed by atoms with Crippen LogP contribution in [0.25, 0.3) is 0 Å². The molecule has 0 aromatic carbocycles. The van der Waals surface area contributed by atoms with Crippen LogP contribution in [0.2, 0.25) is 0 Å². The van der Waals surface area contributed by atoms with Crippen molar-refractivity contribution < 1.29 is 19.1 Å². The third-order valence-electron chi connectivity index (χ3n) is 2.80. The first-order valence-electron chi connectivity index (χ1n) is 6.12. The van der Waals surface area contributed by atoms with Crippen molar-refractivity contribution in [3.63, 3.8) is 0 Å². The molecule has 0 aromatic rings. The maximum Gasteiger partial charge on any atom is 0.408 e. The van der Waals surface area contributed by atoms with Crippen LogP contribution in [0.5, 0.6) is 0 Å². The Hall–Kier alpha value is -1.10. The Labute approximate surface area is 102 Å². The number of ketones is 1. The third kappa shape index (κ3) is 4.34. The highest BCUT2D eigenvalue weighted by atomic mass is 16.6. The molecule has 0 spiro atoms. The van der Waals surface area contributed by atoms with Gasteiger partial charge in [0.05, 0.1) is 19.3 Å². The van der Waals surface area contributed by atoms with Gasteiger partial charge in [0.25, 0.3) is 0 Å². The van der Waals surface area contributed by atoms with Crippen LogP contribution in [0.15, 0.2) is 0 Å². The molecular weight excluding hydrogens is 222 g/mol. The smallest absolute Gasteiger partial charge is 0.408 e. The summed E-state index contributed by atoms with van der Waals surface area (Å²) in [6.07, 6.45) is 0.428. The third-order valence-corrected chi connectivity index (χ3v) is 2.80. The molecule has 1 aliphatic rings. The zero-order valence-electron chi connectivity index (χ0n) is 10.7.